The minimum Gasteiger partial charge on any atom is -0.484 e. The van der Waals surface area contributed by atoms with Gasteiger partial charge >= 0.3 is 6.18 Å². The standard InChI is InChI=1S/C24H24ClF3N2O3/c1-16(31)23(2,3)33-14-19-12-22(30(29-19)13-18-7-4-5-10-21(18)25)17-8-6-9-20(11-17)32-15-24(26,27)28/h4-12H,13-15H2,1-3H3. The summed E-state index contributed by atoms with van der Waals surface area (Å²) in [5.74, 6) is -0.0291. The van der Waals surface area contributed by atoms with Gasteiger partial charge in [-0.1, -0.05) is 41.9 Å². The number of halogens is 4. The van der Waals surface area contributed by atoms with Gasteiger partial charge in [-0.05, 0) is 50.6 Å². The van der Waals surface area contributed by atoms with Gasteiger partial charge in [-0.2, -0.15) is 18.3 Å². The van der Waals surface area contributed by atoms with Crippen LogP contribution in [0.5, 0.6) is 5.75 Å². The molecule has 2 aromatic carbocycles. The van der Waals surface area contributed by atoms with E-state index in [1.54, 1.807) is 42.8 Å². The Morgan fingerprint density at radius 2 is 1.82 bits per heavy atom. The minimum absolute atomic E-state index is 0.0827. The smallest absolute Gasteiger partial charge is 0.422 e. The number of hydrogen-bond donors (Lipinski definition) is 0. The molecule has 3 aromatic rings. The molecule has 0 amide bonds. The topological polar surface area (TPSA) is 53.4 Å². The minimum atomic E-state index is -4.43. The lowest BCUT2D eigenvalue weighted by Crippen LogP contribution is -2.32. The van der Waals surface area contributed by atoms with Gasteiger partial charge in [-0.15, -0.1) is 0 Å². The molecule has 0 bridgehead atoms. The molecule has 33 heavy (non-hydrogen) atoms. The molecule has 0 saturated heterocycles. The fraction of sp³-hybridized carbons (Fsp3) is 0.333. The summed E-state index contributed by atoms with van der Waals surface area (Å²) in [4.78, 5) is 11.8. The van der Waals surface area contributed by atoms with Gasteiger partial charge in [0, 0.05) is 10.6 Å². The van der Waals surface area contributed by atoms with Crippen LogP contribution in [0.2, 0.25) is 5.02 Å². The highest BCUT2D eigenvalue weighted by Crippen LogP contribution is 2.28. The Labute approximate surface area is 195 Å². The molecule has 1 heterocycles. The fourth-order valence-electron chi connectivity index (χ4n) is 2.95. The lowest BCUT2D eigenvalue weighted by Gasteiger charge is -2.21. The zero-order valence-electron chi connectivity index (χ0n) is 18.4. The van der Waals surface area contributed by atoms with Crippen molar-refractivity contribution < 1.29 is 27.4 Å². The van der Waals surface area contributed by atoms with Crippen molar-refractivity contribution in [1.82, 2.24) is 9.78 Å². The summed E-state index contributed by atoms with van der Waals surface area (Å²) in [7, 11) is 0. The van der Waals surface area contributed by atoms with E-state index in [0.29, 0.717) is 28.5 Å². The van der Waals surface area contributed by atoms with Crippen molar-refractivity contribution in [3.63, 3.8) is 0 Å². The Bertz CT molecular complexity index is 1130. The largest absolute Gasteiger partial charge is 0.484 e. The summed E-state index contributed by atoms with van der Waals surface area (Å²) in [5.41, 5.74) is 1.67. The Morgan fingerprint density at radius 3 is 2.48 bits per heavy atom. The van der Waals surface area contributed by atoms with E-state index in [9.17, 15) is 18.0 Å². The van der Waals surface area contributed by atoms with E-state index >= 15 is 0 Å². The van der Waals surface area contributed by atoms with Crippen LogP contribution in [0, 0.1) is 0 Å². The molecule has 5 nitrogen and oxygen atoms in total. The van der Waals surface area contributed by atoms with Gasteiger partial charge < -0.3 is 9.47 Å². The van der Waals surface area contributed by atoms with Crippen molar-refractivity contribution >= 4 is 17.4 Å². The summed E-state index contributed by atoms with van der Waals surface area (Å²) < 4.78 is 50.0. The van der Waals surface area contributed by atoms with Gasteiger partial charge in [0.1, 0.15) is 11.4 Å². The number of carbonyl (C=O) groups excluding carboxylic acids is 1. The van der Waals surface area contributed by atoms with Crippen molar-refractivity contribution in [3.8, 4) is 17.0 Å². The first-order chi connectivity index (χ1) is 15.4. The average molecular weight is 481 g/mol. The highest BCUT2D eigenvalue weighted by molar-refractivity contribution is 6.31. The maximum absolute atomic E-state index is 12.6. The summed E-state index contributed by atoms with van der Waals surface area (Å²) in [5, 5.41) is 5.17. The molecule has 9 heteroatoms. The molecule has 1 aromatic heterocycles. The molecule has 0 radical (unpaired) electrons. The van der Waals surface area contributed by atoms with Crippen LogP contribution in [0.4, 0.5) is 13.2 Å². The Balaban J connectivity index is 1.94. The second-order valence-corrected chi connectivity index (χ2v) is 8.46. The molecule has 0 aliphatic carbocycles. The number of alkyl halides is 3. The quantitative estimate of drug-likeness (QED) is 0.372. The number of nitrogens with zero attached hydrogens (tertiary/aromatic N) is 2. The summed E-state index contributed by atoms with van der Waals surface area (Å²) in [6, 6.07) is 15.4. The summed E-state index contributed by atoms with van der Waals surface area (Å²) in [6.07, 6.45) is -4.43. The lowest BCUT2D eigenvalue weighted by atomic mass is 10.1. The number of hydrogen-bond acceptors (Lipinski definition) is 4. The SMILES string of the molecule is CC(=O)C(C)(C)OCc1cc(-c2cccc(OCC(F)(F)F)c2)n(Cc2ccccc2Cl)n1. The second-order valence-electron chi connectivity index (χ2n) is 8.06. The Hall–Kier alpha value is -2.84. The fourth-order valence-corrected chi connectivity index (χ4v) is 3.14. The third kappa shape index (κ3) is 6.82. The van der Waals surface area contributed by atoms with Crippen molar-refractivity contribution in [2.45, 2.75) is 45.7 Å². The van der Waals surface area contributed by atoms with Crippen LogP contribution in [0.25, 0.3) is 11.3 Å². The zero-order chi connectivity index (χ0) is 24.2. The van der Waals surface area contributed by atoms with Crippen molar-refractivity contribution in [1.29, 1.82) is 0 Å². The maximum Gasteiger partial charge on any atom is 0.422 e. The van der Waals surface area contributed by atoms with E-state index in [-0.39, 0.29) is 18.1 Å². The predicted octanol–water partition coefficient (Wildman–Crippen LogP) is 6.08. The number of rotatable bonds is 9. The number of ketones is 1. The number of Topliss-reactive ketones (excluding diaryl/α,β-unsaturated/α-hetero) is 1. The van der Waals surface area contributed by atoms with E-state index in [4.69, 9.17) is 21.1 Å². The summed E-state index contributed by atoms with van der Waals surface area (Å²) >= 11 is 6.31. The van der Waals surface area contributed by atoms with Crippen LogP contribution in [0.15, 0.2) is 54.6 Å². The lowest BCUT2D eigenvalue weighted by molar-refractivity contribution is -0.153. The van der Waals surface area contributed by atoms with Crippen molar-refractivity contribution in [2.24, 2.45) is 0 Å². The first-order valence-corrected chi connectivity index (χ1v) is 10.6. The van der Waals surface area contributed by atoms with Crippen LogP contribution in [0.1, 0.15) is 32.0 Å². The average Bonchev–Trinajstić information content (AvgIpc) is 3.15. The number of carbonyl (C=O) groups is 1. The molecule has 0 aliphatic heterocycles. The van der Waals surface area contributed by atoms with Crippen molar-refractivity contribution in [3.05, 3.63) is 70.9 Å². The molecule has 0 saturated carbocycles. The van der Waals surface area contributed by atoms with Gasteiger partial charge in [-0.25, -0.2) is 0 Å². The highest BCUT2D eigenvalue weighted by atomic mass is 35.5. The van der Waals surface area contributed by atoms with Crippen LogP contribution < -0.4 is 4.74 Å². The molecule has 0 unspecified atom stereocenters. The number of benzene rings is 2. The molecule has 0 fully saturated rings. The molecule has 0 atom stereocenters. The monoisotopic (exact) mass is 480 g/mol. The normalized spacial score (nSPS) is 12.1. The van der Waals surface area contributed by atoms with Crippen LogP contribution in [-0.4, -0.2) is 33.9 Å². The molecule has 3 rings (SSSR count). The zero-order valence-corrected chi connectivity index (χ0v) is 19.2. The first kappa shape index (κ1) is 24.8. The third-order valence-corrected chi connectivity index (χ3v) is 5.44. The molecule has 0 aliphatic rings. The summed E-state index contributed by atoms with van der Waals surface area (Å²) in [6.45, 7) is 3.84. The van der Waals surface area contributed by atoms with Crippen LogP contribution >= 0.6 is 11.6 Å². The molecular weight excluding hydrogens is 457 g/mol. The highest BCUT2D eigenvalue weighted by Gasteiger charge is 2.28. The van der Waals surface area contributed by atoms with Gasteiger partial charge in [0.05, 0.1) is 24.5 Å². The van der Waals surface area contributed by atoms with E-state index in [1.165, 1.54) is 19.1 Å². The molecule has 176 valence electrons. The van der Waals surface area contributed by atoms with E-state index in [2.05, 4.69) is 5.10 Å². The van der Waals surface area contributed by atoms with Gasteiger partial charge in [0.2, 0.25) is 0 Å². The molecule has 0 N–H and O–H groups in total. The Morgan fingerprint density at radius 1 is 1.09 bits per heavy atom. The second kappa shape index (κ2) is 9.97. The molecular formula is C24H24ClF3N2O3. The van der Waals surface area contributed by atoms with Crippen LogP contribution in [-0.2, 0) is 22.7 Å². The van der Waals surface area contributed by atoms with E-state index < -0.39 is 18.4 Å². The van der Waals surface area contributed by atoms with E-state index in [0.717, 1.165) is 5.56 Å². The molecule has 0 spiro atoms. The van der Waals surface area contributed by atoms with Gasteiger partial charge in [-0.3, -0.25) is 9.48 Å². The first-order valence-electron chi connectivity index (χ1n) is 10.2. The number of aromatic nitrogens is 2. The van der Waals surface area contributed by atoms with Gasteiger partial charge in [0.15, 0.2) is 12.4 Å². The Kier molecular flexibility index (Phi) is 7.49. The van der Waals surface area contributed by atoms with Gasteiger partial charge in [0.25, 0.3) is 0 Å². The van der Waals surface area contributed by atoms with Crippen molar-refractivity contribution in [2.75, 3.05) is 6.61 Å². The predicted molar refractivity (Wildman–Crippen MR) is 119 cm³/mol. The van der Waals surface area contributed by atoms with E-state index in [1.807, 2.05) is 18.2 Å². The maximum atomic E-state index is 12.6. The number of ether oxygens (including phenoxy) is 2. The third-order valence-electron chi connectivity index (χ3n) is 5.07. The van der Waals surface area contributed by atoms with Crippen LogP contribution in [0.3, 0.4) is 0 Å².